The van der Waals surface area contributed by atoms with Gasteiger partial charge in [-0.05, 0) is 42.0 Å². The van der Waals surface area contributed by atoms with Gasteiger partial charge in [-0.25, -0.2) is 4.39 Å². The average molecular weight is 541 g/mol. The predicted octanol–water partition coefficient (Wildman–Crippen LogP) is 2.66. The van der Waals surface area contributed by atoms with Crippen LogP contribution in [0.15, 0.2) is 47.5 Å². The van der Waals surface area contributed by atoms with Gasteiger partial charge in [0.1, 0.15) is 5.82 Å². The van der Waals surface area contributed by atoms with Crippen LogP contribution < -0.4 is 25.0 Å². The molecule has 31 heavy (non-hydrogen) atoms. The van der Waals surface area contributed by atoms with Gasteiger partial charge in [0, 0.05) is 58.5 Å². The first-order chi connectivity index (χ1) is 14.7. The lowest BCUT2D eigenvalue weighted by Gasteiger charge is -2.36. The van der Waals surface area contributed by atoms with Crippen LogP contribution in [0.3, 0.4) is 0 Å². The molecule has 4 rings (SSSR count). The number of halogens is 2. The van der Waals surface area contributed by atoms with Crippen LogP contribution in [0.1, 0.15) is 5.56 Å². The van der Waals surface area contributed by atoms with Gasteiger partial charge in [0.05, 0.1) is 0 Å². The molecular weight excluding hydrogens is 512 g/mol. The second kappa shape index (κ2) is 11.4. The van der Waals surface area contributed by atoms with Gasteiger partial charge in [-0.15, -0.1) is 24.0 Å². The summed E-state index contributed by atoms with van der Waals surface area (Å²) in [5.41, 5.74) is 2.20. The minimum absolute atomic E-state index is 0. The van der Waals surface area contributed by atoms with Crippen LogP contribution in [0.5, 0.6) is 11.5 Å². The molecule has 0 saturated carbocycles. The lowest BCUT2D eigenvalue weighted by Crippen LogP contribution is -2.49. The van der Waals surface area contributed by atoms with Crippen molar-refractivity contribution < 1.29 is 13.9 Å². The van der Waals surface area contributed by atoms with E-state index in [1.165, 1.54) is 12.1 Å². The summed E-state index contributed by atoms with van der Waals surface area (Å²) in [7, 11) is 1.77. The Labute approximate surface area is 199 Å². The van der Waals surface area contributed by atoms with E-state index in [4.69, 9.17) is 9.47 Å². The number of hydrogen-bond acceptors (Lipinski definition) is 5. The molecule has 1 fully saturated rings. The molecule has 0 spiro atoms. The minimum atomic E-state index is -0.191. The maximum absolute atomic E-state index is 13.1. The fourth-order valence-corrected chi connectivity index (χ4v) is 3.67. The van der Waals surface area contributed by atoms with E-state index in [2.05, 4.69) is 25.4 Å². The van der Waals surface area contributed by atoms with E-state index < -0.39 is 0 Å². The second-order valence-electron chi connectivity index (χ2n) is 7.35. The third-order valence-corrected chi connectivity index (χ3v) is 5.41. The number of fused-ring (bicyclic) bond motifs is 1. The number of piperazine rings is 1. The summed E-state index contributed by atoms with van der Waals surface area (Å²) in [6, 6.07) is 12.7. The lowest BCUT2D eigenvalue weighted by atomic mass is 10.2. The second-order valence-corrected chi connectivity index (χ2v) is 7.35. The zero-order valence-corrected chi connectivity index (χ0v) is 20.0. The number of guanidine groups is 1. The van der Waals surface area contributed by atoms with E-state index in [1.54, 1.807) is 7.05 Å². The third kappa shape index (κ3) is 6.36. The molecule has 0 aromatic heterocycles. The zero-order chi connectivity index (χ0) is 20.8. The first kappa shape index (κ1) is 23.4. The highest BCUT2D eigenvalue weighted by atomic mass is 127. The van der Waals surface area contributed by atoms with Crippen LogP contribution in [0.25, 0.3) is 0 Å². The summed E-state index contributed by atoms with van der Waals surface area (Å²) in [5, 5.41) is 6.71. The molecule has 2 aliphatic heterocycles. The molecule has 2 aliphatic rings. The van der Waals surface area contributed by atoms with Crippen molar-refractivity contribution in [3.63, 3.8) is 0 Å². The van der Waals surface area contributed by atoms with E-state index in [9.17, 15) is 4.39 Å². The fourth-order valence-electron chi connectivity index (χ4n) is 3.67. The zero-order valence-electron chi connectivity index (χ0n) is 17.6. The number of rotatable bonds is 6. The van der Waals surface area contributed by atoms with Crippen LogP contribution in [-0.4, -0.2) is 64.0 Å². The molecule has 0 amide bonds. The molecule has 0 unspecified atom stereocenters. The van der Waals surface area contributed by atoms with E-state index >= 15 is 0 Å². The summed E-state index contributed by atoms with van der Waals surface area (Å²) < 4.78 is 23.9. The molecule has 0 atom stereocenters. The summed E-state index contributed by atoms with van der Waals surface area (Å²) in [5.74, 6) is 2.17. The molecule has 7 nitrogen and oxygen atoms in total. The number of nitrogens with one attached hydrogen (secondary N) is 2. The Hall–Kier alpha value is -2.27. The first-order valence-corrected chi connectivity index (χ1v) is 10.3. The summed E-state index contributed by atoms with van der Waals surface area (Å²) >= 11 is 0. The fraction of sp³-hybridized carbons (Fsp3) is 0.409. The average Bonchev–Trinajstić information content (AvgIpc) is 3.25. The van der Waals surface area contributed by atoms with Crippen molar-refractivity contribution in [1.82, 2.24) is 15.5 Å². The van der Waals surface area contributed by atoms with Crippen molar-refractivity contribution in [1.29, 1.82) is 0 Å². The van der Waals surface area contributed by atoms with Gasteiger partial charge < -0.3 is 25.0 Å². The standard InChI is InChI=1S/C22H28FN5O2.HI/c1-24-22(26-15-17-2-7-20-21(14-17)30-16-29-20)25-8-9-27-10-12-28(13-11-27)19-5-3-18(23)4-6-19;/h2-7,14H,8-13,15-16H2,1H3,(H2,24,25,26);1H. The molecule has 2 heterocycles. The third-order valence-electron chi connectivity index (χ3n) is 5.41. The van der Waals surface area contributed by atoms with Gasteiger partial charge in [0.25, 0.3) is 0 Å². The summed E-state index contributed by atoms with van der Waals surface area (Å²) in [6.45, 7) is 6.58. The predicted molar refractivity (Wildman–Crippen MR) is 131 cm³/mol. The van der Waals surface area contributed by atoms with Crippen molar-refractivity contribution in [3.05, 3.63) is 53.8 Å². The highest BCUT2D eigenvalue weighted by Gasteiger charge is 2.17. The number of nitrogens with zero attached hydrogens (tertiary/aromatic N) is 3. The van der Waals surface area contributed by atoms with Crippen molar-refractivity contribution in [2.75, 3.05) is 58.0 Å². The highest BCUT2D eigenvalue weighted by molar-refractivity contribution is 14.0. The Morgan fingerprint density at radius 2 is 1.74 bits per heavy atom. The highest BCUT2D eigenvalue weighted by Crippen LogP contribution is 2.32. The van der Waals surface area contributed by atoms with E-state index in [0.717, 1.165) is 68.0 Å². The van der Waals surface area contributed by atoms with Crippen molar-refractivity contribution in [3.8, 4) is 11.5 Å². The Morgan fingerprint density at radius 1 is 1.00 bits per heavy atom. The first-order valence-electron chi connectivity index (χ1n) is 10.3. The Kier molecular flexibility index (Phi) is 8.59. The van der Waals surface area contributed by atoms with Crippen LogP contribution in [0, 0.1) is 5.82 Å². The smallest absolute Gasteiger partial charge is 0.231 e. The van der Waals surface area contributed by atoms with Gasteiger partial charge in [0.2, 0.25) is 6.79 Å². The molecule has 2 N–H and O–H groups in total. The number of aliphatic imine (C=N–C) groups is 1. The molecule has 0 aliphatic carbocycles. The van der Waals surface area contributed by atoms with Crippen LogP contribution in [0.2, 0.25) is 0 Å². The van der Waals surface area contributed by atoms with Crippen molar-refractivity contribution >= 4 is 35.6 Å². The van der Waals surface area contributed by atoms with Gasteiger partial charge in [0.15, 0.2) is 17.5 Å². The Morgan fingerprint density at radius 3 is 2.48 bits per heavy atom. The Balaban J connectivity index is 0.00000272. The number of ether oxygens (including phenoxy) is 2. The van der Waals surface area contributed by atoms with Gasteiger partial charge >= 0.3 is 0 Å². The molecule has 0 radical (unpaired) electrons. The van der Waals surface area contributed by atoms with E-state index in [0.29, 0.717) is 6.54 Å². The molecule has 2 aromatic carbocycles. The minimum Gasteiger partial charge on any atom is -0.454 e. The summed E-state index contributed by atoms with van der Waals surface area (Å²) in [4.78, 5) is 9.03. The SMILES string of the molecule is CN=C(NCCN1CCN(c2ccc(F)cc2)CC1)NCc1ccc2c(c1)OCO2.I. The molecular formula is C22H29FIN5O2. The number of anilines is 1. The quantitative estimate of drug-likeness (QED) is 0.334. The van der Waals surface area contributed by atoms with E-state index in [-0.39, 0.29) is 36.6 Å². The van der Waals surface area contributed by atoms with Crippen molar-refractivity contribution in [2.45, 2.75) is 6.54 Å². The maximum Gasteiger partial charge on any atom is 0.231 e. The number of benzene rings is 2. The van der Waals surface area contributed by atoms with Gasteiger partial charge in [-0.3, -0.25) is 9.89 Å². The molecule has 0 bridgehead atoms. The molecule has 2 aromatic rings. The van der Waals surface area contributed by atoms with Crippen LogP contribution in [0.4, 0.5) is 10.1 Å². The van der Waals surface area contributed by atoms with E-state index in [1.807, 2.05) is 30.3 Å². The molecule has 168 valence electrons. The largest absolute Gasteiger partial charge is 0.454 e. The van der Waals surface area contributed by atoms with Crippen LogP contribution in [-0.2, 0) is 6.54 Å². The summed E-state index contributed by atoms with van der Waals surface area (Å²) in [6.07, 6.45) is 0. The van der Waals surface area contributed by atoms with Gasteiger partial charge in [-0.1, -0.05) is 6.07 Å². The monoisotopic (exact) mass is 541 g/mol. The van der Waals surface area contributed by atoms with Crippen molar-refractivity contribution in [2.24, 2.45) is 4.99 Å². The lowest BCUT2D eigenvalue weighted by molar-refractivity contribution is 0.174. The van der Waals surface area contributed by atoms with Crippen LogP contribution >= 0.6 is 24.0 Å². The maximum atomic E-state index is 13.1. The molecule has 9 heteroatoms. The Bertz CT molecular complexity index is 873. The topological polar surface area (TPSA) is 61.4 Å². The molecule has 1 saturated heterocycles. The number of hydrogen-bond donors (Lipinski definition) is 2. The normalized spacial score (nSPS) is 16.1. The van der Waals surface area contributed by atoms with Gasteiger partial charge in [-0.2, -0.15) is 0 Å².